The molecule has 1 aliphatic rings. The molecule has 0 spiro atoms. The molecule has 0 unspecified atom stereocenters. The van der Waals surface area contributed by atoms with Gasteiger partial charge in [-0.15, -0.1) is 5.10 Å². The van der Waals surface area contributed by atoms with Gasteiger partial charge in [0.25, 0.3) is 0 Å². The summed E-state index contributed by atoms with van der Waals surface area (Å²) in [7, 11) is 0. The van der Waals surface area contributed by atoms with Crippen LogP contribution in [0.4, 0.5) is 5.82 Å². The average molecular weight is 317 g/mol. The summed E-state index contributed by atoms with van der Waals surface area (Å²) in [5.41, 5.74) is 2.12. The molecule has 2 aromatic heterocycles. The molecule has 6 nitrogen and oxygen atoms in total. The van der Waals surface area contributed by atoms with E-state index in [1.54, 1.807) is 0 Å². The third kappa shape index (κ3) is 4.42. The Kier molecular flexibility index (Phi) is 5.82. The molecule has 3 rings (SSSR count). The van der Waals surface area contributed by atoms with Crippen molar-refractivity contribution in [3.63, 3.8) is 0 Å². The molecule has 1 N–H and O–H groups in total. The summed E-state index contributed by atoms with van der Waals surface area (Å²) >= 11 is 0. The molecule has 2 aromatic rings. The molecule has 0 radical (unpaired) electrons. The van der Waals surface area contributed by atoms with E-state index in [9.17, 15) is 0 Å². The predicted octanol–water partition coefficient (Wildman–Crippen LogP) is 2.21. The highest BCUT2D eigenvalue weighted by Gasteiger charge is 2.09. The maximum atomic E-state index is 5.37. The zero-order valence-corrected chi connectivity index (χ0v) is 14.0. The second-order valence-corrected chi connectivity index (χ2v) is 6.08. The second kappa shape index (κ2) is 8.26. The third-order valence-electron chi connectivity index (χ3n) is 4.28. The van der Waals surface area contributed by atoms with Gasteiger partial charge in [0.05, 0.1) is 25.1 Å². The highest BCUT2D eigenvalue weighted by Crippen LogP contribution is 2.11. The first-order valence-corrected chi connectivity index (χ1v) is 8.74. The fraction of sp³-hybridized carbons (Fsp3) is 0.647. The van der Waals surface area contributed by atoms with Crippen LogP contribution >= 0.6 is 0 Å². The van der Waals surface area contributed by atoms with Crippen molar-refractivity contribution in [3.8, 4) is 0 Å². The average Bonchev–Trinajstić information content (AvgIpc) is 3.00. The molecular weight excluding hydrogens is 290 g/mol. The number of aromatic nitrogens is 3. The summed E-state index contributed by atoms with van der Waals surface area (Å²) < 4.78 is 7.34. The molecule has 1 aliphatic heterocycles. The van der Waals surface area contributed by atoms with Gasteiger partial charge in [-0.1, -0.05) is 13.3 Å². The third-order valence-corrected chi connectivity index (χ3v) is 4.28. The number of nitrogens with one attached hydrogen (secondary N) is 1. The SMILES string of the molecule is CCCCc1cnc2ccc(NCCCN3CCOCC3)nn12. The number of nitrogens with zero attached hydrogens (tertiary/aromatic N) is 4. The molecule has 3 heterocycles. The highest BCUT2D eigenvalue weighted by molar-refractivity contribution is 5.45. The molecule has 1 saturated heterocycles. The van der Waals surface area contributed by atoms with Crippen molar-refractivity contribution < 1.29 is 4.74 Å². The Morgan fingerprint density at radius 3 is 2.91 bits per heavy atom. The fourth-order valence-corrected chi connectivity index (χ4v) is 2.89. The molecule has 0 aliphatic carbocycles. The Morgan fingerprint density at radius 2 is 2.09 bits per heavy atom. The van der Waals surface area contributed by atoms with Gasteiger partial charge >= 0.3 is 0 Å². The number of hydrogen-bond donors (Lipinski definition) is 1. The molecule has 0 bridgehead atoms. The number of ether oxygens (including phenoxy) is 1. The topological polar surface area (TPSA) is 54.7 Å². The first-order chi connectivity index (χ1) is 11.4. The second-order valence-electron chi connectivity index (χ2n) is 6.08. The summed E-state index contributed by atoms with van der Waals surface area (Å²) in [5.74, 6) is 0.926. The maximum Gasteiger partial charge on any atom is 0.153 e. The van der Waals surface area contributed by atoms with Crippen molar-refractivity contribution >= 4 is 11.5 Å². The molecular formula is C17H27N5O. The van der Waals surface area contributed by atoms with E-state index in [2.05, 4.69) is 27.2 Å². The van der Waals surface area contributed by atoms with E-state index in [1.807, 2.05) is 22.8 Å². The smallest absolute Gasteiger partial charge is 0.153 e. The number of fused-ring (bicyclic) bond motifs is 1. The Balaban J connectivity index is 1.51. The molecule has 0 amide bonds. The summed E-state index contributed by atoms with van der Waals surface area (Å²) in [6.45, 7) is 8.11. The lowest BCUT2D eigenvalue weighted by molar-refractivity contribution is 0.0378. The number of morpholine rings is 1. The van der Waals surface area contributed by atoms with E-state index < -0.39 is 0 Å². The minimum absolute atomic E-state index is 0.868. The zero-order chi connectivity index (χ0) is 15.9. The Labute approximate surface area is 137 Å². The van der Waals surface area contributed by atoms with Crippen LogP contribution in [0.5, 0.6) is 0 Å². The van der Waals surface area contributed by atoms with Crippen LogP contribution < -0.4 is 5.32 Å². The standard InChI is InChI=1S/C17H27N5O/c1-2-3-5-15-14-19-17-7-6-16(20-22(15)17)18-8-4-9-21-10-12-23-13-11-21/h6-7,14H,2-5,8-13H2,1H3,(H,18,20). The summed E-state index contributed by atoms with van der Waals surface area (Å²) in [6, 6.07) is 4.05. The monoisotopic (exact) mass is 317 g/mol. The van der Waals surface area contributed by atoms with Gasteiger partial charge < -0.3 is 10.1 Å². The van der Waals surface area contributed by atoms with Gasteiger partial charge in [0, 0.05) is 19.6 Å². The molecule has 23 heavy (non-hydrogen) atoms. The van der Waals surface area contributed by atoms with Crippen LogP contribution in [0, 0.1) is 0 Å². The van der Waals surface area contributed by atoms with Gasteiger partial charge in [-0.3, -0.25) is 4.90 Å². The van der Waals surface area contributed by atoms with Crippen LogP contribution in [0.1, 0.15) is 31.9 Å². The largest absolute Gasteiger partial charge is 0.379 e. The zero-order valence-electron chi connectivity index (χ0n) is 14.0. The van der Waals surface area contributed by atoms with E-state index in [1.165, 1.54) is 18.5 Å². The molecule has 0 aromatic carbocycles. The Bertz CT molecular complexity index is 606. The molecule has 126 valence electrons. The first kappa shape index (κ1) is 16.2. The number of aryl methyl sites for hydroxylation is 1. The van der Waals surface area contributed by atoms with Crippen molar-refractivity contribution in [2.45, 2.75) is 32.6 Å². The maximum absolute atomic E-state index is 5.37. The van der Waals surface area contributed by atoms with Gasteiger partial charge in [-0.25, -0.2) is 9.50 Å². The van der Waals surface area contributed by atoms with E-state index >= 15 is 0 Å². The summed E-state index contributed by atoms with van der Waals surface area (Å²) in [5, 5.41) is 8.11. The lowest BCUT2D eigenvalue weighted by Crippen LogP contribution is -2.37. The minimum atomic E-state index is 0.868. The summed E-state index contributed by atoms with van der Waals surface area (Å²) in [4.78, 5) is 6.88. The van der Waals surface area contributed by atoms with Gasteiger partial charge in [0.15, 0.2) is 5.65 Å². The summed E-state index contributed by atoms with van der Waals surface area (Å²) in [6.07, 6.45) is 6.46. The first-order valence-electron chi connectivity index (χ1n) is 8.74. The van der Waals surface area contributed by atoms with E-state index in [0.29, 0.717) is 0 Å². The fourth-order valence-electron chi connectivity index (χ4n) is 2.89. The van der Waals surface area contributed by atoms with Crippen molar-refractivity contribution in [3.05, 3.63) is 24.0 Å². The van der Waals surface area contributed by atoms with Crippen LogP contribution in [-0.2, 0) is 11.2 Å². The van der Waals surface area contributed by atoms with E-state index in [-0.39, 0.29) is 0 Å². The number of anilines is 1. The van der Waals surface area contributed by atoms with Gasteiger partial charge in [0.1, 0.15) is 5.82 Å². The van der Waals surface area contributed by atoms with E-state index in [4.69, 9.17) is 4.74 Å². The molecule has 1 fully saturated rings. The van der Waals surface area contributed by atoms with Gasteiger partial charge in [-0.05, 0) is 37.9 Å². The molecule has 6 heteroatoms. The van der Waals surface area contributed by atoms with Gasteiger partial charge in [0.2, 0.25) is 0 Å². The van der Waals surface area contributed by atoms with Crippen molar-refractivity contribution in [1.82, 2.24) is 19.5 Å². The van der Waals surface area contributed by atoms with Crippen molar-refractivity contribution in [2.75, 3.05) is 44.7 Å². The number of rotatable bonds is 8. The Morgan fingerprint density at radius 1 is 1.22 bits per heavy atom. The number of imidazole rings is 1. The van der Waals surface area contributed by atoms with Crippen LogP contribution in [0.25, 0.3) is 5.65 Å². The van der Waals surface area contributed by atoms with E-state index in [0.717, 1.165) is 63.7 Å². The minimum Gasteiger partial charge on any atom is -0.379 e. The van der Waals surface area contributed by atoms with Crippen molar-refractivity contribution in [2.24, 2.45) is 0 Å². The predicted molar refractivity (Wildman–Crippen MR) is 92.0 cm³/mol. The molecule has 0 saturated carbocycles. The Hall–Kier alpha value is -1.66. The number of unbranched alkanes of at least 4 members (excludes halogenated alkanes) is 1. The molecule has 0 atom stereocenters. The van der Waals surface area contributed by atoms with Crippen molar-refractivity contribution in [1.29, 1.82) is 0 Å². The van der Waals surface area contributed by atoms with Crippen LogP contribution in [0.2, 0.25) is 0 Å². The quantitative estimate of drug-likeness (QED) is 0.757. The van der Waals surface area contributed by atoms with Crippen LogP contribution in [0.15, 0.2) is 18.3 Å². The van der Waals surface area contributed by atoms with Gasteiger partial charge in [-0.2, -0.15) is 0 Å². The van der Waals surface area contributed by atoms with Crippen LogP contribution in [-0.4, -0.2) is 58.9 Å². The lowest BCUT2D eigenvalue weighted by atomic mass is 10.2. The number of hydrogen-bond acceptors (Lipinski definition) is 5. The normalized spacial score (nSPS) is 16.0. The van der Waals surface area contributed by atoms with Crippen LogP contribution in [0.3, 0.4) is 0 Å². The highest BCUT2D eigenvalue weighted by atomic mass is 16.5. The lowest BCUT2D eigenvalue weighted by Gasteiger charge is -2.26.